The molecule has 1 aliphatic heterocycles. The van der Waals surface area contributed by atoms with Crippen LogP contribution in [-0.4, -0.2) is 34.7 Å². The van der Waals surface area contributed by atoms with Gasteiger partial charge in [-0.05, 0) is 37.3 Å². The van der Waals surface area contributed by atoms with Gasteiger partial charge in [-0.1, -0.05) is 6.07 Å². The summed E-state index contributed by atoms with van der Waals surface area (Å²) in [5, 5.41) is 3.06. The zero-order chi connectivity index (χ0) is 20.5. The van der Waals surface area contributed by atoms with Crippen molar-refractivity contribution < 1.29 is 18.0 Å². The van der Waals surface area contributed by atoms with Crippen LogP contribution < -0.4 is 21.7 Å². The minimum Gasteiger partial charge on any atom is -0.394 e. The SMILES string of the molecule is CSc1nc(N)nc(N2CCC[C@H]2C(=O)Nc2cccc(C(F)(F)F)c2)c1N. The van der Waals surface area contributed by atoms with E-state index >= 15 is 0 Å². The summed E-state index contributed by atoms with van der Waals surface area (Å²) in [6, 6.07) is 3.89. The fraction of sp³-hybridized carbons (Fsp3) is 0.353. The number of nitrogen functional groups attached to an aromatic ring is 2. The number of amides is 1. The van der Waals surface area contributed by atoms with Crippen molar-refractivity contribution in [3.63, 3.8) is 0 Å². The van der Waals surface area contributed by atoms with Crippen LogP contribution >= 0.6 is 11.8 Å². The second-order valence-electron chi connectivity index (χ2n) is 6.25. The summed E-state index contributed by atoms with van der Waals surface area (Å²) in [6.45, 7) is 0.523. The molecule has 1 amide bonds. The third-order valence-corrected chi connectivity index (χ3v) is 5.08. The van der Waals surface area contributed by atoms with Crippen LogP contribution in [0.25, 0.3) is 0 Å². The predicted molar refractivity (Wildman–Crippen MR) is 103 cm³/mol. The highest BCUT2D eigenvalue weighted by molar-refractivity contribution is 7.98. The van der Waals surface area contributed by atoms with E-state index in [0.717, 1.165) is 12.1 Å². The number of carbonyl (C=O) groups excluding carboxylic acids is 1. The molecule has 1 fully saturated rings. The van der Waals surface area contributed by atoms with Crippen LogP contribution in [0.1, 0.15) is 18.4 Å². The van der Waals surface area contributed by atoms with E-state index in [1.54, 1.807) is 11.2 Å². The van der Waals surface area contributed by atoms with E-state index in [1.165, 1.54) is 23.9 Å². The highest BCUT2D eigenvalue weighted by Gasteiger charge is 2.34. The van der Waals surface area contributed by atoms with Crippen LogP contribution in [0.2, 0.25) is 0 Å². The number of hydrogen-bond acceptors (Lipinski definition) is 7. The van der Waals surface area contributed by atoms with E-state index in [4.69, 9.17) is 11.5 Å². The number of halogens is 3. The van der Waals surface area contributed by atoms with E-state index in [0.29, 0.717) is 35.9 Å². The quantitative estimate of drug-likeness (QED) is 0.523. The van der Waals surface area contributed by atoms with Gasteiger partial charge < -0.3 is 21.7 Å². The summed E-state index contributed by atoms with van der Waals surface area (Å²) >= 11 is 1.31. The number of thioether (sulfide) groups is 1. The van der Waals surface area contributed by atoms with Gasteiger partial charge in [-0.3, -0.25) is 4.79 Å². The molecule has 1 aromatic heterocycles. The summed E-state index contributed by atoms with van der Waals surface area (Å²) in [6.07, 6.45) is -1.47. The van der Waals surface area contributed by atoms with Crippen molar-refractivity contribution in [3.05, 3.63) is 29.8 Å². The Morgan fingerprint density at radius 3 is 2.75 bits per heavy atom. The van der Waals surface area contributed by atoms with Crippen LogP contribution in [0, 0.1) is 0 Å². The third-order valence-electron chi connectivity index (χ3n) is 4.39. The van der Waals surface area contributed by atoms with Crippen molar-refractivity contribution in [1.29, 1.82) is 0 Å². The monoisotopic (exact) mass is 412 g/mol. The number of carbonyl (C=O) groups is 1. The molecular formula is C17H19F3N6OS. The molecule has 5 N–H and O–H groups in total. The average molecular weight is 412 g/mol. The van der Waals surface area contributed by atoms with Gasteiger partial charge in [-0.25, -0.2) is 4.98 Å². The molecule has 28 heavy (non-hydrogen) atoms. The highest BCUT2D eigenvalue weighted by atomic mass is 32.2. The van der Waals surface area contributed by atoms with Gasteiger partial charge in [-0.15, -0.1) is 11.8 Å². The minimum atomic E-state index is -4.48. The first-order chi connectivity index (χ1) is 13.2. The molecule has 2 aromatic rings. The lowest BCUT2D eigenvalue weighted by molar-refractivity contribution is -0.137. The van der Waals surface area contributed by atoms with Crippen molar-refractivity contribution in [3.8, 4) is 0 Å². The largest absolute Gasteiger partial charge is 0.416 e. The Balaban J connectivity index is 1.84. The molecule has 1 atom stereocenters. The molecular weight excluding hydrogens is 393 g/mol. The third kappa shape index (κ3) is 4.08. The average Bonchev–Trinajstić information content (AvgIpc) is 3.12. The maximum atomic E-state index is 12.9. The Hall–Kier alpha value is -2.69. The smallest absolute Gasteiger partial charge is 0.394 e. The molecule has 1 saturated heterocycles. The summed E-state index contributed by atoms with van der Waals surface area (Å²) in [5.41, 5.74) is 11.4. The van der Waals surface area contributed by atoms with Gasteiger partial charge in [0.05, 0.1) is 5.56 Å². The Labute approximate surface area is 163 Å². The first kappa shape index (κ1) is 20.1. The van der Waals surface area contributed by atoms with Gasteiger partial charge in [0.25, 0.3) is 0 Å². The summed E-state index contributed by atoms with van der Waals surface area (Å²) < 4.78 is 38.6. The van der Waals surface area contributed by atoms with E-state index in [-0.39, 0.29) is 11.6 Å². The molecule has 1 aliphatic rings. The summed E-state index contributed by atoms with van der Waals surface area (Å²) in [7, 11) is 0. The molecule has 7 nitrogen and oxygen atoms in total. The van der Waals surface area contributed by atoms with E-state index < -0.39 is 23.7 Å². The van der Waals surface area contributed by atoms with Crippen molar-refractivity contribution in [1.82, 2.24) is 9.97 Å². The lowest BCUT2D eigenvalue weighted by atomic mass is 10.1. The molecule has 2 heterocycles. The first-order valence-electron chi connectivity index (χ1n) is 8.42. The number of anilines is 4. The summed E-state index contributed by atoms with van der Waals surface area (Å²) in [5.74, 6) is -0.0323. The van der Waals surface area contributed by atoms with Gasteiger partial charge in [-0.2, -0.15) is 18.2 Å². The van der Waals surface area contributed by atoms with Crippen LogP contribution in [0.5, 0.6) is 0 Å². The number of alkyl halides is 3. The van der Waals surface area contributed by atoms with E-state index in [9.17, 15) is 18.0 Å². The fourth-order valence-electron chi connectivity index (χ4n) is 3.12. The van der Waals surface area contributed by atoms with Crippen molar-refractivity contribution >= 4 is 40.8 Å². The Morgan fingerprint density at radius 2 is 2.07 bits per heavy atom. The zero-order valence-corrected chi connectivity index (χ0v) is 15.8. The first-order valence-corrected chi connectivity index (χ1v) is 9.65. The lowest BCUT2D eigenvalue weighted by Crippen LogP contribution is -2.40. The number of nitrogens with two attached hydrogens (primary N) is 2. The number of nitrogens with zero attached hydrogens (tertiary/aromatic N) is 3. The lowest BCUT2D eigenvalue weighted by Gasteiger charge is -2.26. The highest BCUT2D eigenvalue weighted by Crippen LogP contribution is 2.35. The number of nitrogens with one attached hydrogen (secondary N) is 1. The molecule has 0 saturated carbocycles. The van der Waals surface area contributed by atoms with Crippen LogP contribution in [0.3, 0.4) is 0 Å². The maximum absolute atomic E-state index is 12.9. The van der Waals surface area contributed by atoms with E-state index in [2.05, 4.69) is 15.3 Å². The molecule has 0 bridgehead atoms. The van der Waals surface area contributed by atoms with Gasteiger partial charge >= 0.3 is 6.18 Å². The van der Waals surface area contributed by atoms with Crippen molar-refractivity contribution in [2.75, 3.05) is 34.5 Å². The number of aromatic nitrogens is 2. The molecule has 1 aromatic carbocycles. The Bertz CT molecular complexity index is 892. The zero-order valence-electron chi connectivity index (χ0n) is 15.0. The van der Waals surface area contributed by atoms with Gasteiger partial charge in [0.1, 0.15) is 16.8 Å². The van der Waals surface area contributed by atoms with Gasteiger partial charge in [0.2, 0.25) is 11.9 Å². The fourth-order valence-corrected chi connectivity index (χ4v) is 3.62. The number of benzene rings is 1. The predicted octanol–water partition coefficient (Wildman–Crippen LogP) is 2.99. The number of rotatable bonds is 4. The molecule has 11 heteroatoms. The normalized spacial score (nSPS) is 17.0. The second kappa shape index (κ2) is 7.74. The molecule has 3 rings (SSSR count). The molecule has 150 valence electrons. The van der Waals surface area contributed by atoms with Crippen molar-refractivity contribution in [2.24, 2.45) is 0 Å². The van der Waals surface area contributed by atoms with Crippen molar-refractivity contribution in [2.45, 2.75) is 30.1 Å². The standard InChI is InChI=1S/C17H19F3N6OS/c1-28-15-12(21)13(24-16(22)25-15)26-7-3-6-11(26)14(27)23-10-5-2-4-9(8-10)17(18,19)20/h2,4-5,8,11H,3,6-7,21H2,1H3,(H,23,27)(H2,22,24,25)/t11-/m0/s1. The molecule has 0 radical (unpaired) electrons. The molecule has 0 unspecified atom stereocenters. The van der Waals surface area contributed by atoms with Gasteiger partial charge in [0, 0.05) is 12.2 Å². The maximum Gasteiger partial charge on any atom is 0.416 e. The Kier molecular flexibility index (Phi) is 5.54. The molecule has 0 aliphatic carbocycles. The molecule has 0 spiro atoms. The topological polar surface area (TPSA) is 110 Å². The number of hydrogen-bond donors (Lipinski definition) is 3. The van der Waals surface area contributed by atoms with E-state index in [1.807, 2.05) is 0 Å². The Morgan fingerprint density at radius 1 is 1.32 bits per heavy atom. The van der Waals surface area contributed by atoms with Crippen LogP contribution in [-0.2, 0) is 11.0 Å². The van der Waals surface area contributed by atoms with Crippen LogP contribution in [0.15, 0.2) is 29.3 Å². The van der Waals surface area contributed by atoms with Gasteiger partial charge in [0.15, 0.2) is 5.82 Å². The minimum absolute atomic E-state index is 0.0393. The summed E-state index contributed by atoms with van der Waals surface area (Å²) in [4.78, 5) is 22.7. The van der Waals surface area contributed by atoms with Crippen LogP contribution in [0.4, 0.5) is 36.3 Å². The second-order valence-corrected chi connectivity index (χ2v) is 7.04.